The molecule has 0 bridgehead atoms. The number of rotatable bonds is 10. The molecule has 11 heteroatoms. The quantitative estimate of drug-likeness (QED) is 0.140. The predicted octanol–water partition coefficient (Wildman–Crippen LogP) is 4.60. The van der Waals surface area contributed by atoms with Crippen molar-refractivity contribution >= 4 is 11.6 Å². The summed E-state index contributed by atoms with van der Waals surface area (Å²) in [6, 6.07) is 6.21. The Morgan fingerprint density at radius 1 is 1.06 bits per heavy atom. The number of aliphatic imine (C=N–C) groups is 1. The number of aromatic nitrogens is 1. The molecule has 0 atom stereocenters. The third kappa shape index (κ3) is 9.66. The van der Waals surface area contributed by atoms with Crippen molar-refractivity contribution in [2.24, 2.45) is 4.99 Å². The number of ether oxygens (including phenoxy) is 2. The average molecular weight is 439 g/mol. The SMILES string of the molecule is N#CNC(=NCCCCCCOc1ccc(F)cc1OC(F)(F)F)Nc1ccncc1. The van der Waals surface area contributed by atoms with Crippen LogP contribution in [-0.2, 0) is 0 Å². The first-order valence-corrected chi connectivity index (χ1v) is 9.42. The summed E-state index contributed by atoms with van der Waals surface area (Å²) in [4.78, 5) is 8.19. The number of nitrogens with zero attached hydrogens (tertiary/aromatic N) is 3. The van der Waals surface area contributed by atoms with E-state index in [0.717, 1.165) is 37.1 Å². The highest BCUT2D eigenvalue weighted by molar-refractivity contribution is 5.94. The molecule has 2 N–H and O–H groups in total. The first kappa shape index (κ1) is 23.7. The lowest BCUT2D eigenvalue weighted by molar-refractivity contribution is -0.275. The zero-order chi connectivity index (χ0) is 22.5. The summed E-state index contributed by atoms with van der Waals surface area (Å²) in [6.07, 6.45) is 2.99. The van der Waals surface area contributed by atoms with Gasteiger partial charge in [0.2, 0.25) is 5.96 Å². The molecule has 0 aliphatic carbocycles. The molecule has 2 aromatic rings. The zero-order valence-electron chi connectivity index (χ0n) is 16.5. The van der Waals surface area contributed by atoms with Gasteiger partial charge in [-0.3, -0.25) is 15.3 Å². The molecule has 0 saturated heterocycles. The van der Waals surface area contributed by atoms with Crippen LogP contribution in [0, 0.1) is 17.3 Å². The van der Waals surface area contributed by atoms with Gasteiger partial charge >= 0.3 is 6.36 Å². The Morgan fingerprint density at radius 2 is 1.81 bits per heavy atom. The van der Waals surface area contributed by atoms with Gasteiger partial charge in [-0.05, 0) is 43.5 Å². The Kier molecular flexibility index (Phi) is 9.35. The fourth-order valence-electron chi connectivity index (χ4n) is 2.48. The largest absolute Gasteiger partial charge is 0.573 e. The van der Waals surface area contributed by atoms with Crippen LogP contribution in [0.2, 0.25) is 0 Å². The van der Waals surface area contributed by atoms with Crippen molar-refractivity contribution in [3.63, 3.8) is 0 Å². The lowest BCUT2D eigenvalue weighted by Crippen LogP contribution is -2.27. The van der Waals surface area contributed by atoms with Crippen molar-refractivity contribution in [2.75, 3.05) is 18.5 Å². The van der Waals surface area contributed by atoms with E-state index in [4.69, 9.17) is 10.00 Å². The van der Waals surface area contributed by atoms with Gasteiger partial charge in [-0.1, -0.05) is 6.42 Å². The summed E-state index contributed by atoms with van der Waals surface area (Å²) in [5.41, 5.74) is 0.739. The van der Waals surface area contributed by atoms with Gasteiger partial charge in [-0.2, -0.15) is 5.26 Å². The fraction of sp³-hybridized carbons (Fsp3) is 0.350. The Morgan fingerprint density at radius 3 is 2.52 bits per heavy atom. The lowest BCUT2D eigenvalue weighted by Gasteiger charge is -2.14. The van der Waals surface area contributed by atoms with Crippen LogP contribution in [0.4, 0.5) is 23.2 Å². The Labute approximate surface area is 176 Å². The summed E-state index contributed by atoms with van der Waals surface area (Å²) in [7, 11) is 0. The topological polar surface area (TPSA) is 91.6 Å². The normalized spacial score (nSPS) is 11.5. The Bertz CT molecular complexity index is 885. The number of anilines is 1. The van der Waals surface area contributed by atoms with E-state index in [1.54, 1.807) is 24.5 Å². The number of unbranched alkanes of at least 4 members (excludes halogenated alkanes) is 3. The van der Waals surface area contributed by atoms with Crippen LogP contribution in [0.5, 0.6) is 11.5 Å². The van der Waals surface area contributed by atoms with Crippen LogP contribution < -0.4 is 20.1 Å². The molecule has 0 aliphatic heterocycles. The van der Waals surface area contributed by atoms with E-state index in [0.29, 0.717) is 25.0 Å². The second-order valence-electron chi connectivity index (χ2n) is 6.23. The number of alkyl halides is 3. The lowest BCUT2D eigenvalue weighted by atomic mass is 10.2. The molecule has 1 aromatic heterocycles. The van der Waals surface area contributed by atoms with Crippen molar-refractivity contribution in [1.29, 1.82) is 5.26 Å². The number of halogens is 4. The number of pyridine rings is 1. The summed E-state index contributed by atoms with van der Waals surface area (Å²) in [6.45, 7) is 0.637. The van der Waals surface area contributed by atoms with E-state index in [9.17, 15) is 17.6 Å². The highest BCUT2D eigenvalue weighted by atomic mass is 19.4. The van der Waals surface area contributed by atoms with E-state index in [-0.39, 0.29) is 12.4 Å². The second-order valence-corrected chi connectivity index (χ2v) is 6.23. The van der Waals surface area contributed by atoms with Crippen molar-refractivity contribution in [3.05, 3.63) is 48.5 Å². The number of hydrogen-bond acceptors (Lipinski definition) is 5. The molecule has 1 heterocycles. The summed E-state index contributed by atoms with van der Waals surface area (Å²) in [5.74, 6) is -1.40. The first-order valence-electron chi connectivity index (χ1n) is 9.42. The van der Waals surface area contributed by atoms with Crippen LogP contribution in [0.15, 0.2) is 47.7 Å². The molecule has 31 heavy (non-hydrogen) atoms. The maximum absolute atomic E-state index is 13.2. The molecule has 0 aliphatic rings. The van der Waals surface area contributed by atoms with Crippen LogP contribution in [0.3, 0.4) is 0 Å². The molecule has 0 saturated carbocycles. The summed E-state index contributed by atoms with van der Waals surface area (Å²) in [5, 5.41) is 14.2. The van der Waals surface area contributed by atoms with E-state index in [2.05, 4.69) is 25.3 Å². The first-order chi connectivity index (χ1) is 14.9. The van der Waals surface area contributed by atoms with Crippen LogP contribution >= 0.6 is 0 Å². The summed E-state index contributed by atoms with van der Waals surface area (Å²) < 4.78 is 59.5. The second kappa shape index (κ2) is 12.2. The van der Waals surface area contributed by atoms with Gasteiger partial charge in [0, 0.05) is 30.7 Å². The molecule has 0 unspecified atom stereocenters. The van der Waals surface area contributed by atoms with Crippen LogP contribution in [0.25, 0.3) is 0 Å². The molecule has 2 rings (SSSR count). The maximum Gasteiger partial charge on any atom is 0.573 e. The molecule has 1 aromatic carbocycles. The average Bonchev–Trinajstić information content (AvgIpc) is 2.71. The number of nitrogens with one attached hydrogen (secondary N) is 2. The van der Waals surface area contributed by atoms with Gasteiger partial charge in [-0.25, -0.2) is 4.39 Å². The number of nitriles is 1. The van der Waals surface area contributed by atoms with E-state index < -0.39 is 17.9 Å². The van der Waals surface area contributed by atoms with Crippen LogP contribution in [-0.4, -0.2) is 30.5 Å². The monoisotopic (exact) mass is 439 g/mol. The molecule has 7 nitrogen and oxygen atoms in total. The molecular weight excluding hydrogens is 418 g/mol. The van der Waals surface area contributed by atoms with Gasteiger partial charge in [0.25, 0.3) is 0 Å². The van der Waals surface area contributed by atoms with E-state index >= 15 is 0 Å². The van der Waals surface area contributed by atoms with Crippen molar-refractivity contribution < 1.29 is 27.0 Å². The Hall–Kier alpha value is -3.55. The van der Waals surface area contributed by atoms with Crippen molar-refractivity contribution in [1.82, 2.24) is 10.3 Å². The Balaban J connectivity index is 1.69. The molecule has 0 fully saturated rings. The number of hydrogen-bond donors (Lipinski definition) is 2. The van der Waals surface area contributed by atoms with Gasteiger partial charge in [0.1, 0.15) is 5.82 Å². The molecule has 0 amide bonds. The minimum absolute atomic E-state index is 0.161. The standard InChI is InChI=1S/C20H21F4N5O2/c21-15-5-6-17(18(13-15)31-20(22,23)24)30-12-4-2-1-3-9-27-19(28-14-25)29-16-7-10-26-11-8-16/h5-8,10-11,13H,1-4,9,12H2,(H2,26,27,28,29). The molecular formula is C20H21F4N5O2. The van der Waals surface area contributed by atoms with Crippen molar-refractivity contribution in [3.8, 4) is 17.7 Å². The molecule has 0 spiro atoms. The minimum atomic E-state index is -4.93. The highest BCUT2D eigenvalue weighted by Gasteiger charge is 2.32. The fourth-order valence-corrected chi connectivity index (χ4v) is 2.48. The minimum Gasteiger partial charge on any atom is -0.490 e. The zero-order valence-corrected chi connectivity index (χ0v) is 16.5. The van der Waals surface area contributed by atoms with Gasteiger partial charge < -0.3 is 14.8 Å². The van der Waals surface area contributed by atoms with E-state index in [1.807, 2.05) is 6.19 Å². The van der Waals surface area contributed by atoms with E-state index in [1.165, 1.54) is 0 Å². The highest BCUT2D eigenvalue weighted by Crippen LogP contribution is 2.33. The smallest absolute Gasteiger partial charge is 0.490 e. The predicted molar refractivity (Wildman–Crippen MR) is 106 cm³/mol. The number of benzene rings is 1. The summed E-state index contributed by atoms with van der Waals surface area (Å²) >= 11 is 0. The molecule has 0 radical (unpaired) electrons. The number of guanidine groups is 1. The third-order valence-electron chi connectivity index (χ3n) is 3.83. The third-order valence-corrected chi connectivity index (χ3v) is 3.83. The van der Waals surface area contributed by atoms with Gasteiger partial charge in [0.05, 0.1) is 6.61 Å². The van der Waals surface area contributed by atoms with Crippen LogP contribution in [0.1, 0.15) is 25.7 Å². The maximum atomic E-state index is 13.2. The van der Waals surface area contributed by atoms with Gasteiger partial charge in [-0.15, -0.1) is 13.2 Å². The molecule has 166 valence electrons. The van der Waals surface area contributed by atoms with Crippen molar-refractivity contribution in [2.45, 2.75) is 32.0 Å². The van der Waals surface area contributed by atoms with Gasteiger partial charge in [0.15, 0.2) is 17.7 Å².